The van der Waals surface area contributed by atoms with Gasteiger partial charge in [-0.05, 0) is 35.2 Å². The van der Waals surface area contributed by atoms with Crippen LogP contribution in [0.4, 0.5) is 5.95 Å². The molecule has 10 nitrogen and oxygen atoms in total. The van der Waals surface area contributed by atoms with Gasteiger partial charge in [0, 0.05) is 18.4 Å². The second-order valence-electron chi connectivity index (χ2n) is 8.20. The summed E-state index contributed by atoms with van der Waals surface area (Å²) in [5.74, 6) is 0.738. The Bertz CT molecular complexity index is 1150. The topological polar surface area (TPSA) is 170 Å². The number of aliphatic hydroxyl groups is 2. The van der Waals surface area contributed by atoms with Crippen LogP contribution in [0.1, 0.15) is 30.6 Å². The molecular formula is C23H27N5O5. The first-order chi connectivity index (χ1) is 15.9. The second kappa shape index (κ2) is 9.67. The van der Waals surface area contributed by atoms with Gasteiger partial charge in [0.2, 0.25) is 5.95 Å². The Morgan fingerprint density at radius 2 is 1.85 bits per heavy atom. The van der Waals surface area contributed by atoms with Gasteiger partial charge in [-0.25, -0.2) is 9.78 Å². The zero-order chi connectivity index (χ0) is 23.5. The van der Waals surface area contributed by atoms with E-state index in [0.717, 1.165) is 22.1 Å². The van der Waals surface area contributed by atoms with Gasteiger partial charge in [0.25, 0.3) is 0 Å². The van der Waals surface area contributed by atoms with Crippen LogP contribution in [-0.2, 0) is 4.74 Å². The molecule has 2 aromatic carbocycles. The molecule has 2 fully saturated rings. The van der Waals surface area contributed by atoms with Crippen molar-refractivity contribution in [3.63, 3.8) is 0 Å². The monoisotopic (exact) mass is 453 g/mol. The van der Waals surface area contributed by atoms with Crippen LogP contribution >= 0.6 is 0 Å². The summed E-state index contributed by atoms with van der Waals surface area (Å²) in [4.78, 5) is 18.5. The maximum atomic E-state index is 11.4. The Morgan fingerprint density at radius 1 is 1.12 bits per heavy atom. The third kappa shape index (κ3) is 5.37. The molecule has 7 N–H and O–H groups in total. The van der Waals surface area contributed by atoms with Crippen LogP contribution in [0.15, 0.2) is 59.7 Å². The fourth-order valence-corrected chi connectivity index (χ4v) is 3.81. The van der Waals surface area contributed by atoms with E-state index in [4.69, 9.17) is 21.3 Å². The molecule has 5 atom stereocenters. The molecule has 10 heteroatoms. The SMILES string of the molecule is NC1CC1c1ccc(-c2cccc(O)c2)cc1.Nc1ncn(C2CC(O)C(CO)O2)c(=O)n1. The van der Waals surface area contributed by atoms with Crippen LogP contribution in [0, 0.1) is 0 Å². The number of aromatic nitrogens is 3. The lowest BCUT2D eigenvalue weighted by Gasteiger charge is -2.13. The predicted octanol–water partition coefficient (Wildman–Crippen LogP) is 0.735. The summed E-state index contributed by atoms with van der Waals surface area (Å²) >= 11 is 0. The molecule has 0 spiro atoms. The molecule has 5 unspecified atom stereocenters. The zero-order valence-electron chi connectivity index (χ0n) is 17.9. The molecule has 1 aliphatic carbocycles. The third-order valence-electron chi connectivity index (χ3n) is 5.80. The maximum absolute atomic E-state index is 11.4. The highest BCUT2D eigenvalue weighted by Crippen LogP contribution is 2.39. The minimum atomic E-state index is -0.806. The van der Waals surface area contributed by atoms with E-state index in [1.165, 1.54) is 11.9 Å². The number of ether oxygens (including phenoxy) is 1. The number of phenolic OH excluding ortho intramolecular Hbond substituents is 1. The number of benzene rings is 2. The molecule has 174 valence electrons. The largest absolute Gasteiger partial charge is 0.508 e. The standard InChI is InChI=1S/C15H15NO.C8H12N4O4/c16-15-9-14(15)11-6-4-10(5-7-11)12-2-1-3-13(17)8-12;9-7-10-3-12(8(15)11-7)6-1-4(14)5(2-13)16-6/h1-8,14-15,17H,9,16H2;3-6,13-14H,1-2H2,(H2,9,11,15). The summed E-state index contributed by atoms with van der Waals surface area (Å²) in [5, 5.41) is 27.8. The van der Waals surface area contributed by atoms with Crippen LogP contribution in [-0.4, -0.2) is 54.7 Å². The highest BCUT2D eigenvalue weighted by atomic mass is 16.5. The molecule has 1 saturated carbocycles. The van der Waals surface area contributed by atoms with Crippen LogP contribution < -0.4 is 17.2 Å². The Hall–Kier alpha value is -3.31. The van der Waals surface area contributed by atoms with E-state index in [2.05, 4.69) is 34.2 Å². The van der Waals surface area contributed by atoms with Crippen LogP contribution in [0.25, 0.3) is 11.1 Å². The number of hydrogen-bond acceptors (Lipinski definition) is 9. The molecule has 2 aliphatic rings. The van der Waals surface area contributed by atoms with Crippen LogP contribution in [0.3, 0.4) is 0 Å². The molecule has 0 bridgehead atoms. The minimum Gasteiger partial charge on any atom is -0.508 e. The molecular weight excluding hydrogens is 426 g/mol. The number of nitrogens with zero attached hydrogens (tertiary/aromatic N) is 3. The number of nitrogen functional groups attached to an aromatic ring is 1. The van der Waals surface area contributed by atoms with Crippen molar-refractivity contribution < 1.29 is 20.1 Å². The lowest BCUT2D eigenvalue weighted by molar-refractivity contribution is -0.0462. The highest BCUT2D eigenvalue weighted by Gasteiger charge is 2.35. The van der Waals surface area contributed by atoms with Gasteiger partial charge in [0.1, 0.15) is 24.4 Å². The first-order valence-electron chi connectivity index (χ1n) is 10.7. The summed E-state index contributed by atoms with van der Waals surface area (Å²) in [5.41, 5.74) is 14.0. The first kappa shape index (κ1) is 22.9. The van der Waals surface area contributed by atoms with Gasteiger partial charge in [-0.15, -0.1) is 0 Å². The Labute approximate surface area is 190 Å². The van der Waals surface area contributed by atoms with E-state index in [-0.39, 0.29) is 19.0 Å². The van der Waals surface area contributed by atoms with E-state index in [1.54, 1.807) is 12.1 Å². The molecule has 5 rings (SSSR count). The van der Waals surface area contributed by atoms with E-state index in [0.29, 0.717) is 17.7 Å². The number of phenols is 1. The summed E-state index contributed by atoms with van der Waals surface area (Å²) in [6, 6.07) is 16.1. The molecule has 3 aromatic rings. The van der Waals surface area contributed by atoms with Gasteiger partial charge < -0.3 is 31.5 Å². The lowest BCUT2D eigenvalue weighted by atomic mass is 10.0. The Balaban J connectivity index is 0.000000157. The van der Waals surface area contributed by atoms with E-state index < -0.39 is 24.1 Å². The number of aromatic hydroxyl groups is 1. The smallest absolute Gasteiger partial charge is 0.354 e. The van der Waals surface area contributed by atoms with Crippen LogP contribution in [0.5, 0.6) is 5.75 Å². The van der Waals surface area contributed by atoms with Crippen molar-refractivity contribution in [2.75, 3.05) is 12.3 Å². The van der Waals surface area contributed by atoms with Gasteiger partial charge in [0.15, 0.2) is 0 Å². The molecule has 2 heterocycles. The van der Waals surface area contributed by atoms with E-state index >= 15 is 0 Å². The van der Waals surface area contributed by atoms with Crippen molar-refractivity contribution in [3.05, 3.63) is 70.9 Å². The summed E-state index contributed by atoms with van der Waals surface area (Å²) in [6.45, 7) is -0.303. The second-order valence-corrected chi connectivity index (χ2v) is 8.20. The Kier molecular flexibility index (Phi) is 6.70. The summed E-state index contributed by atoms with van der Waals surface area (Å²) < 4.78 is 6.41. The molecule has 0 radical (unpaired) electrons. The predicted molar refractivity (Wildman–Crippen MR) is 121 cm³/mol. The fraction of sp³-hybridized carbons (Fsp3) is 0.348. The normalized spacial score (nSPS) is 25.8. The average molecular weight is 453 g/mol. The van der Waals surface area contributed by atoms with Crippen molar-refractivity contribution >= 4 is 5.95 Å². The van der Waals surface area contributed by atoms with Crippen molar-refractivity contribution in [3.8, 4) is 16.9 Å². The number of hydrogen-bond donors (Lipinski definition) is 5. The van der Waals surface area contributed by atoms with Gasteiger partial charge in [-0.3, -0.25) is 4.57 Å². The number of aliphatic hydroxyl groups excluding tert-OH is 2. The zero-order valence-corrected chi connectivity index (χ0v) is 17.9. The molecule has 1 aromatic heterocycles. The van der Waals surface area contributed by atoms with Gasteiger partial charge >= 0.3 is 5.69 Å². The molecule has 1 saturated heterocycles. The summed E-state index contributed by atoms with van der Waals surface area (Å²) in [6.07, 6.45) is 0.361. The number of anilines is 1. The van der Waals surface area contributed by atoms with E-state index in [1.807, 2.05) is 12.1 Å². The highest BCUT2D eigenvalue weighted by molar-refractivity contribution is 5.65. The van der Waals surface area contributed by atoms with Gasteiger partial charge in [-0.1, -0.05) is 36.4 Å². The van der Waals surface area contributed by atoms with E-state index in [9.17, 15) is 15.0 Å². The first-order valence-corrected chi connectivity index (χ1v) is 10.7. The molecule has 33 heavy (non-hydrogen) atoms. The quantitative estimate of drug-likeness (QED) is 0.382. The minimum absolute atomic E-state index is 0.112. The number of nitrogens with two attached hydrogens (primary N) is 2. The maximum Gasteiger partial charge on any atom is 0.354 e. The molecule has 1 aliphatic heterocycles. The van der Waals surface area contributed by atoms with Crippen LogP contribution in [0.2, 0.25) is 0 Å². The molecule has 0 amide bonds. The average Bonchev–Trinajstić information content (AvgIpc) is 3.42. The van der Waals surface area contributed by atoms with Gasteiger partial charge in [-0.2, -0.15) is 4.98 Å². The summed E-state index contributed by atoms with van der Waals surface area (Å²) in [7, 11) is 0. The fourth-order valence-electron chi connectivity index (χ4n) is 3.81. The lowest BCUT2D eigenvalue weighted by Crippen LogP contribution is -2.28. The van der Waals surface area contributed by atoms with Crippen molar-refractivity contribution in [2.45, 2.75) is 43.2 Å². The van der Waals surface area contributed by atoms with Crippen molar-refractivity contribution in [1.82, 2.24) is 14.5 Å². The van der Waals surface area contributed by atoms with Gasteiger partial charge in [0.05, 0.1) is 12.7 Å². The third-order valence-corrected chi connectivity index (χ3v) is 5.80. The van der Waals surface area contributed by atoms with Crippen molar-refractivity contribution in [2.24, 2.45) is 5.73 Å². The Morgan fingerprint density at radius 3 is 2.42 bits per heavy atom. The van der Waals surface area contributed by atoms with Crippen molar-refractivity contribution in [1.29, 1.82) is 0 Å². The number of rotatable bonds is 4.